The predicted octanol–water partition coefficient (Wildman–Crippen LogP) is 3.07. The number of hydrogen-bond acceptors (Lipinski definition) is 3. The van der Waals surface area contributed by atoms with Gasteiger partial charge in [0.05, 0.1) is 14.2 Å². The number of rotatable bonds is 4. The molecule has 0 atom stereocenters. The van der Waals surface area contributed by atoms with E-state index in [0.29, 0.717) is 11.5 Å². The second-order valence-electron chi connectivity index (χ2n) is 3.17. The van der Waals surface area contributed by atoms with Gasteiger partial charge >= 0.3 is 0 Å². The van der Waals surface area contributed by atoms with Crippen molar-refractivity contribution in [3.63, 3.8) is 0 Å². The molecule has 0 radical (unpaired) electrons. The monoisotopic (exact) mass is 284 g/mol. The molecule has 0 bridgehead atoms. The molecule has 0 unspecified atom stereocenters. The highest BCUT2D eigenvalue weighted by atomic mass is 79.9. The molecule has 0 aliphatic carbocycles. The third-order valence-corrected chi connectivity index (χ3v) is 2.69. The van der Waals surface area contributed by atoms with Gasteiger partial charge in [-0.3, -0.25) is 4.79 Å². The lowest BCUT2D eigenvalue weighted by molar-refractivity contribution is -0.112. The number of allylic oxidation sites excluding steroid dienone is 1. The first-order valence-electron chi connectivity index (χ1n) is 4.68. The highest BCUT2D eigenvalue weighted by molar-refractivity contribution is 9.10. The molecule has 1 rings (SSSR count). The molecule has 0 spiro atoms. The molecule has 1 aromatic carbocycles. The highest BCUT2D eigenvalue weighted by Gasteiger charge is 2.07. The van der Waals surface area contributed by atoms with Crippen LogP contribution < -0.4 is 9.47 Å². The molecule has 0 aliphatic heterocycles. The normalized spacial score (nSPS) is 10.5. The molecule has 1 aromatic rings. The minimum atomic E-state index is 0.00156. The maximum absolute atomic E-state index is 10.8. The van der Waals surface area contributed by atoms with Crippen LogP contribution in [0.15, 0.2) is 22.7 Å². The number of ketones is 1. The van der Waals surface area contributed by atoms with Gasteiger partial charge in [-0.2, -0.15) is 0 Å². The van der Waals surface area contributed by atoms with Crippen molar-refractivity contribution in [1.29, 1.82) is 0 Å². The average molecular weight is 285 g/mol. The van der Waals surface area contributed by atoms with Crippen LogP contribution in [0.1, 0.15) is 12.5 Å². The van der Waals surface area contributed by atoms with E-state index in [9.17, 15) is 4.79 Å². The molecule has 86 valence electrons. The molecule has 0 saturated carbocycles. The van der Waals surface area contributed by atoms with Crippen LogP contribution in [0, 0.1) is 0 Å². The van der Waals surface area contributed by atoms with Gasteiger partial charge in [-0.1, -0.05) is 22.0 Å². The van der Waals surface area contributed by atoms with Gasteiger partial charge in [0.2, 0.25) is 0 Å². The number of halogens is 1. The molecule has 0 heterocycles. The molecular formula is C12H13BrO3. The molecule has 0 saturated heterocycles. The van der Waals surface area contributed by atoms with Crippen LogP contribution in [-0.4, -0.2) is 20.0 Å². The fourth-order valence-corrected chi connectivity index (χ4v) is 1.66. The number of benzene rings is 1. The Labute approximate surface area is 103 Å². The van der Waals surface area contributed by atoms with Crippen molar-refractivity contribution in [2.24, 2.45) is 0 Å². The van der Waals surface area contributed by atoms with Crippen molar-refractivity contribution in [3.8, 4) is 11.5 Å². The van der Waals surface area contributed by atoms with E-state index in [1.807, 2.05) is 6.07 Å². The topological polar surface area (TPSA) is 35.5 Å². The lowest BCUT2D eigenvalue weighted by Gasteiger charge is -2.09. The van der Waals surface area contributed by atoms with E-state index < -0.39 is 0 Å². The molecule has 0 fully saturated rings. The largest absolute Gasteiger partial charge is 0.493 e. The van der Waals surface area contributed by atoms with Crippen molar-refractivity contribution < 1.29 is 14.3 Å². The van der Waals surface area contributed by atoms with E-state index in [4.69, 9.17) is 9.47 Å². The first-order chi connectivity index (χ1) is 7.58. The van der Waals surface area contributed by atoms with E-state index in [1.165, 1.54) is 13.0 Å². The Hall–Kier alpha value is -1.29. The molecule has 4 heteroatoms. The summed E-state index contributed by atoms with van der Waals surface area (Å²) < 4.78 is 11.2. The van der Waals surface area contributed by atoms with Crippen molar-refractivity contribution >= 4 is 27.8 Å². The molecule has 3 nitrogen and oxygen atoms in total. The van der Waals surface area contributed by atoms with Crippen molar-refractivity contribution in [3.05, 3.63) is 28.2 Å². The summed E-state index contributed by atoms with van der Waals surface area (Å²) in [6, 6.07) is 3.61. The summed E-state index contributed by atoms with van der Waals surface area (Å²) in [5.41, 5.74) is 0.868. The highest BCUT2D eigenvalue weighted by Crippen LogP contribution is 2.33. The lowest BCUT2D eigenvalue weighted by atomic mass is 10.1. The van der Waals surface area contributed by atoms with Gasteiger partial charge in [-0.15, -0.1) is 0 Å². The van der Waals surface area contributed by atoms with Crippen LogP contribution in [0.25, 0.3) is 6.08 Å². The maximum atomic E-state index is 10.8. The third-order valence-electron chi connectivity index (χ3n) is 2.00. The zero-order chi connectivity index (χ0) is 12.1. The van der Waals surface area contributed by atoms with Crippen LogP contribution in [0.2, 0.25) is 0 Å². The summed E-state index contributed by atoms with van der Waals surface area (Å²) in [6.07, 6.45) is 3.24. The van der Waals surface area contributed by atoms with Crippen LogP contribution in [0.3, 0.4) is 0 Å². The zero-order valence-electron chi connectivity index (χ0n) is 9.41. The third kappa shape index (κ3) is 3.10. The minimum Gasteiger partial charge on any atom is -0.493 e. The zero-order valence-corrected chi connectivity index (χ0v) is 11.0. The molecule has 16 heavy (non-hydrogen) atoms. The average Bonchev–Trinajstić information content (AvgIpc) is 2.26. The van der Waals surface area contributed by atoms with Crippen molar-refractivity contribution in [2.75, 3.05) is 14.2 Å². The quantitative estimate of drug-likeness (QED) is 0.797. The Bertz CT molecular complexity index is 425. The Morgan fingerprint density at radius 3 is 2.31 bits per heavy atom. The Morgan fingerprint density at radius 1 is 1.25 bits per heavy atom. The fraction of sp³-hybridized carbons (Fsp3) is 0.250. The lowest BCUT2D eigenvalue weighted by Crippen LogP contribution is -1.92. The van der Waals surface area contributed by atoms with Crippen LogP contribution in [0.5, 0.6) is 11.5 Å². The van der Waals surface area contributed by atoms with E-state index >= 15 is 0 Å². The summed E-state index contributed by atoms with van der Waals surface area (Å²) in [6.45, 7) is 1.51. The Kier molecular flexibility index (Phi) is 4.55. The summed E-state index contributed by atoms with van der Waals surface area (Å²) >= 11 is 3.40. The second-order valence-corrected chi connectivity index (χ2v) is 4.03. The fourth-order valence-electron chi connectivity index (χ4n) is 1.20. The van der Waals surface area contributed by atoms with E-state index in [2.05, 4.69) is 15.9 Å². The van der Waals surface area contributed by atoms with Gasteiger partial charge in [0.25, 0.3) is 0 Å². The van der Waals surface area contributed by atoms with Gasteiger partial charge in [-0.05, 0) is 30.7 Å². The SMILES string of the molecule is COc1cc(Br)c(C=CC(C)=O)cc1OC. The van der Waals surface area contributed by atoms with Gasteiger partial charge in [0.1, 0.15) is 0 Å². The second kappa shape index (κ2) is 5.70. The summed E-state index contributed by atoms with van der Waals surface area (Å²) in [5, 5.41) is 0. The van der Waals surface area contributed by atoms with E-state index in [0.717, 1.165) is 10.0 Å². The van der Waals surface area contributed by atoms with Crippen LogP contribution in [0.4, 0.5) is 0 Å². The predicted molar refractivity (Wildman–Crippen MR) is 67.0 cm³/mol. The van der Waals surface area contributed by atoms with Gasteiger partial charge in [-0.25, -0.2) is 0 Å². The van der Waals surface area contributed by atoms with E-state index in [-0.39, 0.29) is 5.78 Å². The summed E-state index contributed by atoms with van der Waals surface area (Å²) in [4.78, 5) is 10.8. The van der Waals surface area contributed by atoms with Gasteiger partial charge < -0.3 is 9.47 Å². The van der Waals surface area contributed by atoms with Gasteiger partial charge in [0, 0.05) is 4.47 Å². The summed E-state index contributed by atoms with van der Waals surface area (Å²) in [5.74, 6) is 1.28. The standard InChI is InChI=1S/C12H13BrO3/c1-8(14)4-5-9-6-11(15-2)12(16-3)7-10(9)13/h4-7H,1-3H3. The van der Waals surface area contributed by atoms with E-state index in [1.54, 1.807) is 26.4 Å². The van der Waals surface area contributed by atoms with Crippen molar-refractivity contribution in [2.45, 2.75) is 6.92 Å². The molecule has 0 amide bonds. The number of hydrogen-bond donors (Lipinski definition) is 0. The molecule has 0 N–H and O–H groups in total. The van der Waals surface area contributed by atoms with Gasteiger partial charge in [0.15, 0.2) is 17.3 Å². The van der Waals surface area contributed by atoms with Crippen LogP contribution >= 0.6 is 15.9 Å². The number of carbonyl (C=O) groups is 1. The number of ether oxygens (including phenoxy) is 2. The molecule has 0 aliphatic rings. The molecular weight excluding hydrogens is 272 g/mol. The molecule has 0 aromatic heterocycles. The first-order valence-corrected chi connectivity index (χ1v) is 5.48. The maximum Gasteiger partial charge on any atom is 0.161 e. The van der Waals surface area contributed by atoms with Crippen LogP contribution in [-0.2, 0) is 4.79 Å². The van der Waals surface area contributed by atoms with Crippen molar-refractivity contribution in [1.82, 2.24) is 0 Å². The Balaban J connectivity index is 3.16. The summed E-state index contributed by atoms with van der Waals surface area (Å²) in [7, 11) is 3.15. The number of carbonyl (C=O) groups excluding carboxylic acids is 1. The first kappa shape index (κ1) is 12.8. The minimum absolute atomic E-state index is 0.00156. The smallest absolute Gasteiger partial charge is 0.161 e. The number of methoxy groups -OCH3 is 2. The Morgan fingerprint density at radius 2 is 1.81 bits per heavy atom.